The molecule has 1 aliphatic rings. The fourth-order valence-electron chi connectivity index (χ4n) is 2.85. The number of nitrogens with zero attached hydrogens (tertiary/aromatic N) is 3. The van der Waals surface area contributed by atoms with E-state index >= 15 is 0 Å². The van der Waals surface area contributed by atoms with E-state index in [0.29, 0.717) is 25.6 Å². The van der Waals surface area contributed by atoms with Gasteiger partial charge in [0, 0.05) is 31.7 Å². The van der Waals surface area contributed by atoms with Crippen LogP contribution >= 0.6 is 0 Å². The van der Waals surface area contributed by atoms with Gasteiger partial charge in [0.25, 0.3) is 0 Å². The summed E-state index contributed by atoms with van der Waals surface area (Å²) in [7, 11) is 0. The zero-order chi connectivity index (χ0) is 15.5. The van der Waals surface area contributed by atoms with Crippen molar-refractivity contribution in [1.29, 1.82) is 0 Å². The van der Waals surface area contributed by atoms with E-state index in [1.807, 2.05) is 41.2 Å². The van der Waals surface area contributed by atoms with Gasteiger partial charge in [0.2, 0.25) is 0 Å². The molecule has 22 heavy (non-hydrogen) atoms. The van der Waals surface area contributed by atoms with Crippen LogP contribution in [0.1, 0.15) is 30.0 Å². The lowest BCUT2D eigenvalue weighted by molar-refractivity contribution is 0.131. The normalized spacial score (nSPS) is 16.0. The molecule has 1 saturated heterocycles. The average Bonchev–Trinajstić information content (AvgIpc) is 3.05. The minimum absolute atomic E-state index is 0.333. The van der Waals surface area contributed by atoms with Crippen molar-refractivity contribution < 1.29 is 9.90 Å². The number of benzene rings is 1. The van der Waals surface area contributed by atoms with E-state index < -0.39 is 6.09 Å². The summed E-state index contributed by atoms with van der Waals surface area (Å²) in [5.41, 5.74) is 8.74. The zero-order valence-electron chi connectivity index (χ0n) is 12.4. The molecule has 2 aromatic rings. The van der Waals surface area contributed by atoms with Gasteiger partial charge < -0.3 is 15.7 Å². The van der Waals surface area contributed by atoms with Crippen LogP contribution in [0.4, 0.5) is 4.79 Å². The first-order valence-electron chi connectivity index (χ1n) is 7.50. The molecule has 0 unspecified atom stereocenters. The van der Waals surface area contributed by atoms with Crippen LogP contribution in [0.5, 0.6) is 0 Å². The Hall–Kier alpha value is -2.34. The SMILES string of the molecule is NCc1ccc(-n2ccc(C3CCN(C(=O)O)CC3)n2)cc1. The lowest BCUT2D eigenvalue weighted by atomic mass is 9.94. The fourth-order valence-corrected chi connectivity index (χ4v) is 2.85. The number of hydrogen-bond donors (Lipinski definition) is 2. The van der Waals surface area contributed by atoms with E-state index in [9.17, 15) is 4.79 Å². The van der Waals surface area contributed by atoms with Gasteiger partial charge in [-0.25, -0.2) is 9.48 Å². The minimum atomic E-state index is -0.830. The van der Waals surface area contributed by atoms with E-state index in [4.69, 9.17) is 10.8 Å². The highest BCUT2D eigenvalue weighted by Gasteiger charge is 2.24. The summed E-state index contributed by atoms with van der Waals surface area (Å²) in [6.45, 7) is 1.70. The van der Waals surface area contributed by atoms with Crippen LogP contribution < -0.4 is 5.73 Å². The predicted octanol–water partition coefficient (Wildman–Crippen LogP) is 2.19. The van der Waals surface area contributed by atoms with Crippen LogP contribution in [0.3, 0.4) is 0 Å². The standard InChI is InChI=1S/C16H20N4O2/c17-11-12-1-3-14(4-2-12)20-10-7-15(18-20)13-5-8-19(9-6-13)16(21)22/h1-4,7,10,13H,5-6,8-9,11,17H2,(H,21,22). The largest absolute Gasteiger partial charge is 0.465 e. The summed E-state index contributed by atoms with van der Waals surface area (Å²) in [4.78, 5) is 12.4. The number of rotatable bonds is 3. The van der Waals surface area contributed by atoms with Gasteiger partial charge in [0.15, 0.2) is 0 Å². The van der Waals surface area contributed by atoms with Crippen LogP contribution in [0, 0.1) is 0 Å². The number of amides is 1. The molecule has 2 heterocycles. The van der Waals surface area contributed by atoms with E-state index in [0.717, 1.165) is 29.8 Å². The van der Waals surface area contributed by atoms with Gasteiger partial charge in [-0.1, -0.05) is 12.1 Å². The molecule has 1 aromatic heterocycles. The Balaban J connectivity index is 1.70. The topological polar surface area (TPSA) is 84.4 Å². The molecular formula is C16H20N4O2. The Morgan fingerprint density at radius 1 is 1.23 bits per heavy atom. The highest BCUT2D eigenvalue weighted by Crippen LogP contribution is 2.27. The highest BCUT2D eigenvalue weighted by molar-refractivity contribution is 5.65. The van der Waals surface area contributed by atoms with Crippen molar-refractivity contribution in [2.75, 3.05) is 13.1 Å². The summed E-state index contributed by atoms with van der Waals surface area (Å²) in [6.07, 6.45) is 2.78. The van der Waals surface area contributed by atoms with Gasteiger partial charge in [-0.3, -0.25) is 0 Å². The van der Waals surface area contributed by atoms with Crippen molar-refractivity contribution in [3.05, 3.63) is 47.8 Å². The maximum atomic E-state index is 10.9. The minimum Gasteiger partial charge on any atom is -0.465 e. The summed E-state index contributed by atoms with van der Waals surface area (Å²) in [5.74, 6) is 0.333. The maximum absolute atomic E-state index is 10.9. The van der Waals surface area contributed by atoms with Crippen LogP contribution in [0.25, 0.3) is 5.69 Å². The van der Waals surface area contributed by atoms with Crippen LogP contribution in [-0.4, -0.2) is 39.0 Å². The molecule has 1 aliphatic heterocycles. The van der Waals surface area contributed by atoms with Crippen LogP contribution in [0.15, 0.2) is 36.5 Å². The fraction of sp³-hybridized carbons (Fsp3) is 0.375. The smallest absolute Gasteiger partial charge is 0.407 e. The first-order chi connectivity index (χ1) is 10.7. The third-order valence-corrected chi connectivity index (χ3v) is 4.23. The second-order valence-corrected chi connectivity index (χ2v) is 5.60. The third kappa shape index (κ3) is 2.96. The highest BCUT2D eigenvalue weighted by atomic mass is 16.4. The molecule has 1 aromatic carbocycles. The van der Waals surface area contributed by atoms with Crippen molar-refractivity contribution in [3.8, 4) is 5.69 Å². The van der Waals surface area contributed by atoms with Gasteiger partial charge in [-0.15, -0.1) is 0 Å². The first kappa shape index (κ1) is 14.6. The quantitative estimate of drug-likeness (QED) is 0.910. The Morgan fingerprint density at radius 2 is 1.91 bits per heavy atom. The van der Waals surface area contributed by atoms with Gasteiger partial charge in [-0.2, -0.15) is 5.10 Å². The van der Waals surface area contributed by atoms with Gasteiger partial charge >= 0.3 is 6.09 Å². The molecule has 6 nitrogen and oxygen atoms in total. The Morgan fingerprint density at radius 3 is 2.50 bits per heavy atom. The Labute approximate surface area is 129 Å². The van der Waals surface area contributed by atoms with Crippen molar-refractivity contribution in [3.63, 3.8) is 0 Å². The molecule has 1 fully saturated rings. The second kappa shape index (κ2) is 6.19. The monoisotopic (exact) mass is 300 g/mol. The first-order valence-corrected chi connectivity index (χ1v) is 7.50. The van der Waals surface area contributed by atoms with Crippen LogP contribution in [0.2, 0.25) is 0 Å². The Bertz CT molecular complexity index is 642. The van der Waals surface area contributed by atoms with E-state index in [1.54, 1.807) is 0 Å². The third-order valence-electron chi connectivity index (χ3n) is 4.23. The van der Waals surface area contributed by atoms with E-state index in [2.05, 4.69) is 5.10 Å². The molecule has 0 radical (unpaired) electrons. The van der Waals surface area contributed by atoms with Crippen molar-refractivity contribution in [2.24, 2.45) is 5.73 Å². The molecule has 6 heteroatoms. The van der Waals surface area contributed by atoms with Gasteiger partial charge in [0.1, 0.15) is 0 Å². The number of likely N-dealkylation sites (tertiary alicyclic amines) is 1. The Kier molecular flexibility index (Phi) is 4.11. The van der Waals surface area contributed by atoms with Gasteiger partial charge in [0.05, 0.1) is 11.4 Å². The number of aromatic nitrogens is 2. The number of nitrogens with two attached hydrogens (primary N) is 1. The van der Waals surface area contributed by atoms with Gasteiger partial charge in [-0.05, 0) is 36.6 Å². The molecule has 1 amide bonds. The molecule has 0 aliphatic carbocycles. The van der Waals surface area contributed by atoms with Crippen LogP contribution in [-0.2, 0) is 6.54 Å². The summed E-state index contributed by atoms with van der Waals surface area (Å²) < 4.78 is 1.86. The molecule has 0 atom stereocenters. The van der Waals surface area contributed by atoms with Crippen molar-refractivity contribution in [1.82, 2.24) is 14.7 Å². The molecule has 0 bridgehead atoms. The predicted molar refractivity (Wildman–Crippen MR) is 83.0 cm³/mol. The molecule has 116 valence electrons. The van der Waals surface area contributed by atoms with E-state index in [1.165, 1.54) is 4.90 Å². The summed E-state index contributed by atoms with van der Waals surface area (Å²) >= 11 is 0. The number of carbonyl (C=O) groups is 1. The molecule has 3 N–H and O–H groups in total. The maximum Gasteiger partial charge on any atom is 0.407 e. The second-order valence-electron chi connectivity index (χ2n) is 5.60. The summed E-state index contributed by atoms with van der Waals surface area (Å²) in [5, 5.41) is 13.6. The molecular weight excluding hydrogens is 280 g/mol. The number of carboxylic acid groups (broad SMARTS) is 1. The lowest BCUT2D eigenvalue weighted by Gasteiger charge is -2.28. The number of hydrogen-bond acceptors (Lipinski definition) is 3. The average molecular weight is 300 g/mol. The molecule has 3 rings (SSSR count). The lowest BCUT2D eigenvalue weighted by Crippen LogP contribution is -2.36. The van der Waals surface area contributed by atoms with E-state index in [-0.39, 0.29) is 0 Å². The van der Waals surface area contributed by atoms with Crippen molar-refractivity contribution in [2.45, 2.75) is 25.3 Å². The molecule has 0 spiro atoms. The zero-order valence-corrected chi connectivity index (χ0v) is 12.4. The molecule has 0 saturated carbocycles. The van der Waals surface area contributed by atoms with Crippen molar-refractivity contribution >= 4 is 6.09 Å². The number of piperidine rings is 1. The summed E-state index contributed by atoms with van der Waals surface area (Å²) in [6, 6.07) is 10.0.